The van der Waals surface area contributed by atoms with Crippen LogP contribution < -0.4 is 15.1 Å². The van der Waals surface area contributed by atoms with Gasteiger partial charge in [0.2, 0.25) is 0 Å². The van der Waals surface area contributed by atoms with E-state index in [1.54, 1.807) is 12.1 Å². The number of rotatable bonds is 5. The maximum Gasteiger partial charge on any atom is 0.251 e. The molecule has 5 rings (SSSR count). The maximum atomic E-state index is 12.9. The fourth-order valence-corrected chi connectivity index (χ4v) is 4.51. The van der Waals surface area contributed by atoms with E-state index in [1.807, 2.05) is 74.4 Å². The summed E-state index contributed by atoms with van der Waals surface area (Å²) >= 11 is 0. The van der Waals surface area contributed by atoms with Gasteiger partial charge in [-0.1, -0.05) is 24.3 Å². The lowest BCUT2D eigenvalue weighted by molar-refractivity contribution is 0.0940. The van der Waals surface area contributed by atoms with Gasteiger partial charge in [0.15, 0.2) is 5.82 Å². The van der Waals surface area contributed by atoms with Gasteiger partial charge in [0.1, 0.15) is 11.6 Å². The summed E-state index contributed by atoms with van der Waals surface area (Å²) < 4.78 is 0. The molecule has 0 saturated carbocycles. The highest BCUT2D eigenvalue weighted by molar-refractivity contribution is 5.95. The molecule has 1 saturated heterocycles. The number of phenols is 1. The molecule has 1 aromatic heterocycles. The molecular weight excluding hydrogens is 438 g/mol. The minimum atomic E-state index is -0.0707. The van der Waals surface area contributed by atoms with Gasteiger partial charge in [-0.2, -0.15) is 0 Å². The van der Waals surface area contributed by atoms with Crippen LogP contribution in [-0.4, -0.2) is 54.2 Å². The van der Waals surface area contributed by atoms with Crippen molar-refractivity contribution in [2.75, 3.05) is 37.0 Å². The Labute approximate surface area is 205 Å². The molecule has 1 amide bonds. The molecule has 0 radical (unpaired) electrons. The molecule has 1 unspecified atom stereocenters. The summed E-state index contributed by atoms with van der Waals surface area (Å²) in [4.78, 5) is 26.8. The molecular formula is C28H29N5O2. The summed E-state index contributed by atoms with van der Waals surface area (Å²) in [5, 5.41) is 14.6. The number of carbonyl (C=O) groups excluding carboxylic acids is 1. The van der Waals surface area contributed by atoms with Crippen LogP contribution in [-0.2, 0) is 0 Å². The summed E-state index contributed by atoms with van der Waals surface area (Å²) in [7, 11) is 3.92. The molecule has 1 fully saturated rings. The number of hydrogen-bond donors (Lipinski definition) is 2. The third kappa shape index (κ3) is 4.62. The highest BCUT2D eigenvalue weighted by Gasteiger charge is 2.27. The number of amides is 1. The van der Waals surface area contributed by atoms with Crippen molar-refractivity contribution in [3.05, 3.63) is 77.9 Å². The van der Waals surface area contributed by atoms with Gasteiger partial charge in [0.25, 0.3) is 5.91 Å². The molecule has 0 bridgehead atoms. The van der Waals surface area contributed by atoms with Crippen molar-refractivity contribution in [2.24, 2.45) is 0 Å². The zero-order valence-electron chi connectivity index (χ0n) is 20.2. The van der Waals surface area contributed by atoms with Gasteiger partial charge < -0.3 is 20.2 Å². The monoisotopic (exact) mass is 467 g/mol. The second-order valence-electron chi connectivity index (χ2n) is 9.26. The van der Waals surface area contributed by atoms with Crippen molar-refractivity contribution in [3.63, 3.8) is 0 Å². The predicted molar refractivity (Wildman–Crippen MR) is 140 cm³/mol. The molecule has 1 aliphatic rings. The van der Waals surface area contributed by atoms with Crippen molar-refractivity contribution < 1.29 is 9.90 Å². The molecule has 35 heavy (non-hydrogen) atoms. The van der Waals surface area contributed by atoms with Crippen LogP contribution in [0.1, 0.15) is 22.3 Å². The Morgan fingerprint density at radius 3 is 2.69 bits per heavy atom. The molecule has 7 heteroatoms. The Morgan fingerprint density at radius 2 is 1.89 bits per heavy atom. The van der Waals surface area contributed by atoms with E-state index < -0.39 is 0 Å². The lowest BCUT2D eigenvalue weighted by Crippen LogP contribution is -2.37. The van der Waals surface area contributed by atoms with Crippen LogP contribution in [0, 0.1) is 6.92 Å². The van der Waals surface area contributed by atoms with E-state index in [-0.39, 0.29) is 17.7 Å². The van der Waals surface area contributed by atoms with Gasteiger partial charge in [0.05, 0.1) is 11.1 Å². The normalized spacial score (nSPS) is 15.4. The molecule has 2 heterocycles. The average Bonchev–Trinajstić information content (AvgIpc) is 3.31. The van der Waals surface area contributed by atoms with E-state index in [4.69, 9.17) is 9.97 Å². The van der Waals surface area contributed by atoms with Crippen LogP contribution in [0.4, 0.5) is 11.5 Å². The first kappa shape index (κ1) is 22.7. The Hall–Kier alpha value is -4.13. The summed E-state index contributed by atoms with van der Waals surface area (Å²) in [5.74, 6) is 1.39. The number of carbonyl (C=O) groups is 1. The number of anilines is 2. The van der Waals surface area contributed by atoms with Crippen molar-refractivity contribution >= 4 is 28.3 Å². The van der Waals surface area contributed by atoms with Crippen LogP contribution in [0.2, 0.25) is 0 Å². The van der Waals surface area contributed by atoms with E-state index in [9.17, 15) is 9.90 Å². The van der Waals surface area contributed by atoms with Gasteiger partial charge in [0, 0.05) is 49.9 Å². The molecule has 178 valence electrons. The predicted octanol–water partition coefficient (Wildman–Crippen LogP) is 4.39. The fourth-order valence-electron chi connectivity index (χ4n) is 4.51. The Bertz CT molecular complexity index is 1400. The molecule has 4 aromatic rings. The zero-order valence-corrected chi connectivity index (χ0v) is 20.2. The van der Waals surface area contributed by atoms with Crippen molar-refractivity contribution in [3.8, 4) is 17.1 Å². The highest BCUT2D eigenvalue weighted by Crippen LogP contribution is 2.33. The first-order chi connectivity index (χ1) is 16.9. The fraction of sp³-hybridized carbons (Fsp3) is 0.250. The number of aromatic hydroxyl groups is 1. The topological polar surface area (TPSA) is 81.6 Å². The largest absolute Gasteiger partial charge is 0.507 e. The Balaban J connectivity index is 1.42. The van der Waals surface area contributed by atoms with E-state index in [1.165, 1.54) is 0 Å². The second kappa shape index (κ2) is 9.25. The minimum Gasteiger partial charge on any atom is -0.507 e. The van der Waals surface area contributed by atoms with Gasteiger partial charge in [-0.05, 0) is 61.4 Å². The number of para-hydroxylation sites is 1. The van der Waals surface area contributed by atoms with Crippen LogP contribution in [0.25, 0.3) is 22.3 Å². The van der Waals surface area contributed by atoms with Crippen LogP contribution in [0.5, 0.6) is 5.75 Å². The van der Waals surface area contributed by atoms with E-state index in [0.29, 0.717) is 23.5 Å². The van der Waals surface area contributed by atoms with Gasteiger partial charge >= 0.3 is 0 Å². The zero-order chi connectivity index (χ0) is 24.5. The van der Waals surface area contributed by atoms with Crippen molar-refractivity contribution in [1.29, 1.82) is 0 Å². The quantitative estimate of drug-likeness (QED) is 0.453. The van der Waals surface area contributed by atoms with Crippen LogP contribution >= 0.6 is 0 Å². The highest BCUT2D eigenvalue weighted by atomic mass is 16.3. The number of benzene rings is 3. The molecule has 7 nitrogen and oxygen atoms in total. The smallest absolute Gasteiger partial charge is 0.251 e. The first-order valence-electron chi connectivity index (χ1n) is 11.8. The summed E-state index contributed by atoms with van der Waals surface area (Å²) in [5.41, 5.74) is 4.18. The lowest BCUT2D eigenvalue weighted by atomic mass is 10.1. The number of hydrogen-bond acceptors (Lipinski definition) is 6. The first-order valence-corrected chi connectivity index (χ1v) is 11.8. The van der Waals surface area contributed by atoms with E-state index in [0.717, 1.165) is 40.9 Å². The van der Waals surface area contributed by atoms with Gasteiger partial charge in [-0.15, -0.1) is 0 Å². The Kier molecular flexibility index (Phi) is 5.99. The number of nitrogens with one attached hydrogen (secondary N) is 1. The van der Waals surface area contributed by atoms with Crippen LogP contribution in [0.15, 0.2) is 66.7 Å². The number of fused-ring (bicyclic) bond motifs is 1. The SMILES string of the molecule is Cc1ccc2c(N3CCC(NC(=O)c4cccc(N(C)C)c4)C3)nc(-c3ccccc3O)nc2c1. The number of aromatic nitrogens is 2. The third-order valence-electron chi connectivity index (χ3n) is 6.42. The number of phenolic OH excluding ortho intramolecular Hbond substituents is 1. The summed E-state index contributed by atoms with van der Waals surface area (Å²) in [6.07, 6.45) is 0.822. The molecule has 1 atom stereocenters. The van der Waals surface area contributed by atoms with Crippen molar-refractivity contribution in [2.45, 2.75) is 19.4 Å². The summed E-state index contributed by atoms with van der Waals surface area (Å²) in [6, 6.07) is 20.9. The summed E-state index contributed by atoms with van der Waals surface area (Å²) in [6.45, 7) is 3.45. The Morgan fingerprint density at radius 1 is 1.06 bits per heavy atom. The average molecular weight is 468 g/mol. The number of aryl methyl sites for hydroxylation is 1. The number of nitrogens with zero attached hydrogens (tertiary/aromatic N) is 4. The molecule has 1 aliphatic heterocycles. The molecule has 0 spiro atoms. The maximum absolute atomic E-state index is 12.9. The molecule has 3 aromatic carbocycles. The molecule has 2 N–H and O–H groups in total. The van der Waals surface area contributed by atoms with Crippen molar-refractivity contribution in [1.82, 2.24) is 15.3 Å². The minimum absolute atomic E-state index is 0.00885. The van der Waals surface area contributed by atoms with E-state index >= 15 is 0 Å². The second-order valence-corrected chi connectivity index (χ2v) is 9.26. The standard InChI is InChI=1S/C28H29N5O2/c1-18-11-12-22-24(15-18)30-26(23-9-4-5-10-25(23)34)31-27(22)33-14-13-20(17-33)29-28(35)19-7-6-8-21(16-19)32(2)3/h4-12,15-16,20,34H,13-14,17H2,1-3H3,(H,29,35). The third-order valence-corrected chi connectivity index (χ3v) is 6.42. The van der Waals surface area contributed by atoms with Gasteiger partial charge in [-0.25, -0.2) is 9.97 Å². The molecule has 0 aliphatic carbocycles. The van der Waals surface area contributed by atoms with Gasteiger partial charge in [-0.3, -0.25) is 4.79 Å². The van der Waals surface area contributed by atoms with Crippen LogP contribution in [0.3, 0.4) is 0 Å². The lowest BCUT2D eigenvalue weighted by Gasteiger charge is -2.21. The van der Waals surface area contributed by atoms with E-state index in [2.05, 4.69) is 16.3 Å².